The molecule has 5 heteroatoms. The lowest BCUT2D eigenvalue weighted by Crippen LogP contribution is -2.37. The number of hydrogen-bond donors (Lipinski definition) is 1. The first-order valence-corrected chi connectivity index (χ1v) is 12.4. The van der Waals surface area contributed by atoms with Crippen molar-refractivity contribution in [1.82, 2.24) is 15.2 Å². The van der Waals surface area contributed by atoms with E-state index in [0.717, 1.165) is 56.8 Å². The van der Waals surface area contributed by atoms with Crippen molar-refractivity contribution in [3.63, 3.8) is 0 Å². The summed E-state index contributed by atoms with van der Waals surface area (Å²) in [6.45, 7) is 4.28. The molecule has 3 aromatic rings. The van der Waals surface area contributed by atoms with Crippen LogP contribution < -0.4 is 10.1 Å². The van der Waals surface area contributed by atoms with E-state index in [2.05, 4.69) is 45.5 Å². The third-order valence-electron chi connectivity index (χ3n) is 7.32. The molecule has 1 aliphatic heterocycles. The van der Waals surface area contributed by atoms with E-state index in [1.165, 1.54) is 11.1 Å². The fourth-order valence-electron chi connectivity index (χ4n) is 5.14. The molecule has 0 unspecified atom stereocenters. The number of piperidine rings is 1. The maximum Gasteiger partial charge on any atom is 0.223 e. The van der Waals surface area contributed by atoms with Gasteiger partial charge in [-0.05, 0) is 73.2 Å². The number of carbonyl (C=O) groups excluding carboxylic acids is 1. The number of amides is 1. The number of ether oxygens (including phenoxy) is 1. The molecule has 34 heavy (non-hydrogen) atoms. The first-order valence-electron chi connectivity index (χ1n) is 12.4. The summed E-state index contributed by atoms with van der Waals surface area (Å²) in [7, 11) is 0. The third kappa shape index (κ3) is 5.65. The van der Waals surface area contributed by atoms with Gasteiger partial charge in [0.2, 0.25) is 5.91 Å². The zero-order chi connectivity index (χ0) is 23.2. The van der Waals surface area contributed by atoms with E-state index in [1.807, 2.05) is 42.5 Å². The van der Waals surface area contributed by atoms with Crippen LogP contribution in [-0.4, -0.2) is 35.4 Å². The van der Waals surface area contributed by atoms with E-state index >= 15 is 0 Å². The van der Waals surface area contributed by atoms with Crippen molar-refractivity contribution < 1.29 is 9.53 Å². The Balaban J connectivity index is 1.05. The lowest BCUT2D eigenvalue weighted by molar-refractivity contribution is -0.123. The van der Waals surface area contributed by atoms with Crippen molar-refractivity contribution in [3.8, 4) is 5.75 Å². The molecule has 0 bridgehead atoms. The second-order valence-corrected chi connectivity index (χ2v) is 9.68. The highest BCUT2D eigenvalue weighted by atomic mass is 16.5. The van der Waals surface area contributed by atoms with Crippen LogP contribution in [0.4, 0.5) is 0 Å². The number of rotatable bonds is 9. The predicted molar refractivity (Wildman–Crippen MR) is 133 cm³/mol. The van der Waals surface area contributed by atoms with Crippen LogP contribution in [0.5, 0.6) is 5.75 Å². The molecule has 2 aromatic carbocycles. The van der Waals surface area contributed by atoms with Crippen molar-refractivity contribution >= 4 is 5.91 Å². The zero-order valence-electron chi connectivity index (χ0n) is 19.7. The van der Waals surface area contributed by atoms with Crippen molar-refractivity contribution in [3.05, 3.63) is 95.8 Å². The van der Waals surface area contributed by atoms with Crippen LogP contribution in [0.1, 0.15) is 36.1 Å². The average molecular weight is 456 g/mol. The van der Waals surface area contributed by atoms with Crippen LogP contribution in [0.3, 0.4) is 0 Å². The first kappa shape index (κ1) is 22.6. The second-order valence-electron chi connectivity index (χ2n) is 9.68. The highest BCUT2D eigenvalue weighted by molar-refractivity contribution is 5.82. The molecular formula is C29H33N3O2. The van der Waals surface area contributed by atoms with E-state index in [-0.39, 0.29) is 17.2 Å². The van der Waals surface area contributed by atoms with Gasteiger partial charge in [0.15, 0.2) is 0 Å². The maximum atomic E-state index is 12.7. The van der Waals surface area contributed by atoms with Gasteiger partial charge in [-0.1, -0.05) is 48.5 Å². The van der Waals surface area contributed by atoms with Gasteiger partial charge in [-0.25, -0.2) is 0 Å². The third-order valence-corrected chi connectivity index (χ3v) is 7.32. The molecule has 2 fully saturated rings. The second kappa shape index (κ2) is 10.4. The van der Waals surface area contributed by atoms with Crippen LogP contribution in [0, 0.1) is 11.3 Å². The van der Waals surface area contributed by atoms with Gasteiger partial charge in [-0.15, -0.1) is 0 Å². The Morgan fingerprint density at radius 3 is 2.59 bits per heavy atom. The Bertz CT molecular complexity index is 1080. The summed E-state index contributed by atoms with van der Waals surface area (Å²) in [6.07, 6.45) is 5.84. The Morgan fingerprint density at radius 1 is 1.00 bits per heavy atom. The molecule has 1 aliphatic carbocycles. The Kier molecular flexibility index (Phi) is 6.91. The molecule has 1 spiro atoms. The molecule has 1 atom stereocenters. The molecular weight excluding hydrogens is 422 g/mol. The Morgan fingerprint density at radius 2 is 1.79 bits per heavy atom. The summed E-state index contributed by atoms with van der Waals surface area (Å²) in [5.41, 5.74) is 3.71. The number of likely N-dealkylation sites (tertiary alicyclic amines) is 1. The van der Waals surface area contributed by atoms with Crippen molar-refractivity contribution in [2.24, 2.45) is 11.3 Å². The fraction of sp³-hybridized carbons (Fsp3) is 0.379. The molecule has 1 N–H and O–H groups in total. The molecule has 1 saturated heterocycles. The summed E-state index contributed by atoms with van der Waals surface area (Å²) < 4.78 is 6.00. The van der Waals surface area contributed by atoms with E-state index in [0.29, 0.717) is 13.2 Å². The number of nitrogens with zero attached hydrogens (tertiary/aromatic N) is 2. The number of carbonyl (C=O) groups is 1. The molecule has 176 valence electrons. The van der Waals surface area contributed by atoms with Crippen LogP contribution in [-0.2, 0) is 24.4 Å². The van der Waals surface area contributed by atoms with Crippen LogP contribution in [0.15, 0.2) is 79.0 Å². The smallest absolute Gasteiger partial charge is 0.223 e. The van der Waals surface area contributed by atoms with Crippen molar-refractivity contribution in [2.75, 3.05) is 19.6 Å². The number of hydrogen-bond acceptors (Lipinski definition) is 4. The first-order chi connectivity index (χ1) is 16.7. The minimum Gasteiger partial charge on any atom is -0.489 e. The van der Waals surface area contributed by atoms with Gasteiger partial charge in [0.1, 0.15) is 12.4 Å². The van der Waals surface area contributed by atoms with Gasteiger partial charge in [0.25, 0.3) is 0 Å². The summed E-state index contributed by atoms with van der Waals surface area (Å²) in [6, 6.07) is 24.6. The maximum absolute atomic E-state index is 12.7. The highest BCUT2D eigenvalue weighted by Gasteiger charge is 2.58. The quantitative estimate of drug-likeness (QED) is 0.512. The van der Waals surface area contributed by atoms with E-state index < -0.39 is 0 Å². The van der Waals surface area contributed by atoms with E-state index in [1.54, 1.807) is 6.20 Å². The SMILES string of the molecule is O=C(NCCc1ccccn1)[C@H]1CC12CCN(Cc1cccc(OCc3ccccc3)c1)CC2. The molecule has 1 aromatic heterocycles. The van der Waals surface area contributed by atoms with Crippen LogP contribution in [0.25, 0.3) is 0 Å². The summed E-state index contributed by atoms with van der Waals surface area (Å²) in [5.74, 6) is 1.33. The Labute approximate surface area is 202 Å². The van der Waals surface area contributed by atoms with E-state index in [4.69, 9.17) is 4.74 Å². The minimum absolute atomic E-state index is 0.188. The monoisotopic (exact) mass is 455 g/mol. The van der Waals surface area contributed by atoms with Gasteiger partial charge in [0.05, 0.1) is 0 Å². The fourth-order valence-corrected chi connectivity index (χ4v) is 5.14. The molecule has 2 heterocycles. The van der Waals surface area contributed by atoms with Gasteiger partial charge >= 0.3 is 0 Å². The standard InChI is InChI=1S/C29H33N3O2/c33-28(31-16-12-25-10-4-5-15-30-25)27-20-29(27)13-17-32(18-14-29)21-24-9-6-11-26(19-24)34-22-23-7-2-1-3-8-23/h1-11,15,19,27H,12-14,16-18,20-22H2,(H,31,33)/t27-/m1/s1. The minimum atomic E-state index is 0.188. The van der Waals surface area contributed by atoms with Gasteiger partial charge in [-0.2, -0.15) is 0 Å². The average Bonchev–Trinajstić information content (AvgIpc) is 3.59. The van der Waals surface area contributed by atoms with E-state index in [9.17, 15) is 4.79 Å². The summed E-state index contributed by atoms with van der Waals surface area (Å²) in [4.78, 5) is 19.5. The topological polar surface area (TPSA) is 54.5 Å². The molecule has 1 amide bonds. The lowest BCUT2D eigenvalue weighted by atomic mass is 9.90. The molecule has 5 nitrogen and oxygen atoms in total. The van der Waals surface area contributed by atoms with Crippen molar-refractivity contribution in [2.45, 2.75) is 38.8 Å². The van der Waals surface area contributed by atoms with Gasteiger partial charge in [-0.3, -0.25) is 14.7 Å². The van der Waals surface area contributed by atoms with Gasteiger partial charge in [0, 0.05) is 37.3 Å². The van der Waals surface area contributed by atoms with Crippen LogP contribution >= 0.6 is 0 Å². The number of aromatic nitrogens is 1. The van der Waals surface area contributed by atoms with Crippen molar-refractivity contribution in [1.29, 1.82) is 0 Å². The Hall–Kier alpha value is -3.18. The normalized spacial score (nSPS) is 19.0. The molecule has 0 radical (unpaired) electrons. The lowest BCUT2D eigenvalue weighted by Gasteiger charge is -2.33. The predicted octanol–water partition coefficient (Wildman–Crippen LogP) is 4.62. The van der Waals surface area contributed by atoms with Gasteiger partial charge < -0.3 is 10.1 Å². The largest absolute Gasteiger partial charge is 0.489 e. The molecule has 1 saturated carbocycles. The molecule has 5 rings (SSSR count). The number of pyridine rings is 1. The molecule has 2 aliphatic rings. The zero-order valence-corrected chi connectivity index (χ0v) is 19.7. The number of benzene rings is 2. The summed E-state index contributed by atoms with van der Waals surface area (Å²) >= 11 is 0. The van der Waals surface area contributed by atoms with Crippen LogP contribution in [0.2, 0.25) is 0 Å². The highest BCUT2D eigenvalue weighted by Crippen LogP contribution is 2.59. The summed E-state index contributed by atoms with van der Waals surface area (Å²) in [5, 5.41) is 3.14. The number of nitrogens with one attached hydrogen (secondary N) is 1.